The summed E-state index contributed by atoms with van der Waals surface area (Å²) in [5.74, 6) is 0.581. The van der Waals surface area contributed by atoms with Crippen LogP contribution in [0.25, 0.3) is 11.4 Å². The Morgan fingerprint density at radius 1 is 1.53 bits per heavy atom. The van der Waals surface area contributed by atoms with Crippen molar-refractivity contribution in [3.63, 3.8) is 0 Å². The molecule has 0 aromatic carbocycles. The van der Waals surface area contributed by atoms with Crippen LogP contribution >= 0.6 is 0 Å². The minimum Gasteiger partial charge on any atom is -0.382 e. The van der Waals surface area contributed by atoms with Crippen molar-refractivity contribution in [3.8, 4) is 11.4 Å². The van der Waals surface area contributed by atoms with Gasteiger partial charge in [-0.2, -0.15) is 5.10 Å². The highest BCUT2D eigenvalue weighted by molar-refractivity contribution is 5.64. The van der Waals surface area contributed by atoms with Crippen molar-refractivity contribution in [1.29, 1.82) is 0 Å². The Morgan fingerprint density at radius 3 is 2.93 bits per heavy atom. The Labute approximate surface area is 88.3 Å². The number of aryl methyl sites for hydroxylation is 1. The largest absolute Gasteiger partial charge is 0.382 e. The number of H-pyrrole nitrogens is 1. The van der Waals surface area contributed by atoms with Gasteiger partial charge in [-0.3, -0.25) is 5.10 Å². The van der Waals surface area contributed by atoms with Gasteiger partial charge in [-0.05, 0) is 6.42 Å². The van der Waals surface area contributed by atoms with Crippen LogP contribution in [0.5, 0.6) is 0 Å². The van der Waals surface area contributed by atoms with Gasteiger partial charge in [-0.25, -0.2) is 4.98 Å². The molecule has 2 rings (SSSR count). The molecular weight excluding hydrogens is 190 g/mol. The Morgan fingerprint density at radius 2 is 2.33 bits per heavy atom. The number of aromatic amines is 1. The van der Waals surface area contributed by atoms with Gasteiger partial charge in [-0.15, -0.1) is 0 Å². The van der Waals surface area contributed by atoms with Crippen molar-refractivity contribution in [2.75, 3.05) is 5.73 Å². The van der Waals surface area contributed by atoms with Crippen molar-refractivity contribution >= 4 is 5.82 Å². The van der Waals surface area contributed by atoms with E-state index in [9.17, 15) is 0 Å². The fourth-order valence-corrected chi connectivity index (χ4v) is 1.64. The Bertz CT molecular complexity index is 454. The van der Waals surface area contributed by atoms with Crippen LogP contribution in [-0.2, 0) is 13.5 Å². The molecule has 0 saturated heterocycles. The molecule has 3 N–H and O–H groups in total. The molecule has 80 valence electrons. The summed E-state index contributed by atoms with van der Waals surface area (Å²) in [5.41, 5.74) is 8.69. The minimum absolute atomic E-state index is 0.581. The second-order valence-corrected chi connectivity index (χ2v) is 3.64. The number of nitrogens with two attached hydrogens (primary N) is 1. The van der Waals surface area contributed by atoms with E-state index in [0.29, 0.717) is 5.82 Å². The molecule has 2 aromatic rings. The quantitative estimate of drug-likeness (QED) is 0.794. The van der Waals surface area contributed by atoms with Crippen molar-refractivity contribution in [1.82, 2.24) is 19.7 Å². The second-order valence-electron chi connectivity index (χ2n) is 3.64. The van der Waals surface area contributed by atoms with Gasteiger partial charge in [0.25, 0.3) is 0 Å². The molecule has 5 nitrogen and oxygen atoms in total. The highest BCUT2D eigenvalue weighted by Crippen LogP contribution is 2.24. The zero-order chi connectivity index (χ0) is 10.8. The van der Waals surface area contributed by atoms with Crippen molar-refractivity contribution < 1.29 is 0 Å². The van der Waals surface area contributed by atoms with Crippen LogP contribution in [0.2, 0.25) is 0 Å². The fourth-order valence-electron chi connectivity index (χ4n) is 1.64. The predicted octanol–water partition coefficient (Wildman–Crippen LogP) is 1.34. The molecule has 5 heteroatoms. The van der Waals surface area contributed by atoms with E-state index >= 15 is 0 Å². The number of hydrogen-bond donors (Lipinski definition) is 2. The number of nitrogens with zero attached hydrogens (tertiary/aromatic N) is 3. The number of nitrogens with one attached hydrogen (secondary N) is 1. The highest BCUT2D eigenvalue weighted by atomic mass is 15.2. The molecule has 0 atom stereocenters. The standard InChI is InChI=1S/C10H15N5/c1-3-4-7-9(13-14-10(7)11)8-5-15(2)6-12-8/h5-6H,3-4H2,1-2H3,(H3,11,13,14). The number of anilines is 1. The predicted molar refractivity (Wildman–Crippen MR) is 59.2 cm³/mol. The summed E-state index contributed by atoms with van der Waals surface area (Å²) in [7, 11) is 1.94. The van der Waals surface area contributed by atoms with Crippen LogP contribution in [-0.4, -0.2) is 19.7 Å². The zero-order valence-electron chi connectivity index (χ0n) is 8.99. The van der Waals surface area contributed by atoms with Crippen molar-refractivity contribution in [2.45, 2.75) is 19.8 Å². The lowest BCUT2D eigenvalue weighted by Crippen LogP contribution is -1.92. The zero-order valence-corrected chi connectivity index (χ0v) is 8.99. The van der Waals surface area contributed by atoms with Crippen LogP contribution in [0.1, 0.15) is 18.9 Å². The molecule has 0 radical (unpaired) electrons. The SMILES string of the molecule is CCCc1c(N)n[nH]c1-c1cn(C)cn1. The van der Waals surface area contributed by atoms with Crippen molar-refractivity contribution in [3.05, 3.63) is 18.1 Å². The van der Waals surface area contributed by atoms with E-state index in [0.717, 1.165) is 29.8 Å². The summed E-state index contributed by atoms with van der Waals surface area (Å²) in [6.45, 7) is 2.12. The summed E-state index contributed by atoms with van der Waals surface area (Å²) in [4.78, 5) is 4.28. The molecule has 0 unspecified atom stereocenters. The van der Waals surface area contributed by atoms with E-state index in [1.165, 1.54) is 0 Å². The molecule has 2 aromatic heterocycles. The molecule has 0 aliphatic rings. The second kappa shape index (κ2) is 3.76. The van der Waals surface area contributed by atoms with Crippen LogP contribution in [0.15, 0.2) is 12.5 Å². The third-order valence-electron chi connectivity index (χ3n) is 2.36. The van der Waals surface area contributed by atoms with Gasteiger partial charge in [0.15, 0.2) is 0 Å². The number of imidazole rings is 1. The van der Waals surface area contributed by atoms with E-state index in [-0.39, 0.29) is 0 Å². The number of aromatic nitrogens is 4. The van der Waals surface area contributed by atoms with Gasteiger partial charge in [0, 0.05) is 18.8 Å². The van der Waals surface area contributed by atoms with E-state index in [2.05, 4.69) is 22.1 Å². The molecule has 0 spiro atoms. The molecule has 0 aliphatic carbocycles. The van der Waals surface area contributed by atoms with Crippen LogP contribution in [0.3, 0.4) is 0 Å². The summed E-state index contributed by atoms with van der Waals surface area (Å²) in [6, 6.07) is 0. The maximum Gasteiger partial charge on any atom is 0.149 e. The number of hydrogen-bond acceptors (Lipinski definition) is 3. The van der Waals surface area contributed by atoms with E-state index < -0.39 is 0 Å². The first kappa shape index (κ1) is 9.76. The number of rotatable bonds is 3. The minimum atomic E-state index is 0.581. The van der Waals surface area contributed by atoms with Gasteiger partial charge < -0.3 is 10.3 Å². The summed E-state index contributed by atoms with van der Waals surface area (Å²) >= 11 is 0. The van der Waals surface area contributed by atoms with E-state index in [4.69, 9.17) is 5.73 Å². The van der Waals surface area contributed by atoms with Crippen molar-refractivity contribution in [2.24, 2.45) is 7.05 Å². The molecule has 0 fully saturated rings. The van der Waals surface area contributed by atoms with Gasteiger partial charge in [0.1, 0.15) is 11.5 Å². The average molecular weight is 205 g/mol. The van der Waals surface area contributed by atoms with Crippen LogP contribution in [0, 0.1) is 0 Å². The molecule has 0 aliphatic heterocycles. The first-order chi connectivity index (χ1) is 7.22. The van der Waals surface area contributed by atoms with E-state index in [1.807, 2.05) is 17.8 Å². The van der Waals surface area contributed by atoms with Crippen LogP contribution < -0.4 is 5.73 Å². The van der Waals surface area contributed by atoms with Gasteiger partial charge in [0.05, 0.1) is 12.0 Å². The molecule has 0 amide bonds. The highest BCUT2D eigenvalue weighted by Gasteiger charge is 2.13. The summed E-state index contributed by atoms with van der Waals surface area (Å²) in [5, 5.41) is 6.96. The Kier molecular flexibility index (Phi) is 2.45. The topological polar surface area (TPSA) is 72.5 Å². The Balaban J connectivity index is 2.43. The molecule has 15 heavy (non-hydrogen) atoms. The first-order valence-electron chi connectivity index (χ1n) is 5.03. The average Bonchev–Trinajstić information content (AvgIpc) is 2.76. The smallest absolute Gasteiger partial charge is 0.149 e. The first-order valence-corrected chi connectivity index (χ1v) is 5.03. The van der Waals surface area contributed by atoms with Gasteiger partial charge in [0.2, 0.25) is 0 Å². The maximum absolute atomic E-state index is 5.79. The molecule has 0 saturated carbocycles. The number of nitrogen functional groups attached to an aromatic ring is 1. The van der Waals surface area contributed by atoms with Crippen LogP contribution in [0.4, 0.5) is 5.82 Å². The third kappa shape index (κ3) is 1.72. The van der Waals surface area contributed by atoms with Gasteiger partial charge in [-0.1, -0.05) is 13.3 Å². The lowest BCUT2D eigenvalue weighted by molar-refractivity contribution is 0.913. The maximum atomic E-state index is 5.79. The van der Waals surface area contributed by atoms with Gasteiger partial charge >= 0.3 is 0 Å². The monoisotopic (exact) mass is 205 g/mol. The molecular formula is C10H15N5. The molecule has 0 bridgehead atoms. The normalized spacial score (nSPS) is 10.8. The Hall–Kier alpha value is -1.78. The van der Waals surface area contributed by atoms with E-state index in [1.54, 1.807) is 6.33 Å². The lowest BCUT2D eigenvalue weighted by atomic mass is 10.1. The fraction of sp³-hybridized carbons (Fsp3) is 0.400. The lowest BCUT2D eigenvalue weighted by Gasteiger charge is -1.98. The third-order valence-corrected chi connectivity index (χ3v) is 2.36. The summed E-state index contributed by atoms with van der Waals surface area (Å²) in [6.07, 6.45) is 5.69. The summed E-state index contributed by atoms with van der Waals surface area (Å²) < 4.78 is 1.90. The molecule has 2 heterocycles.